The Morgan fingerprint density at radius 1 is 1.05 bits per heavy atom. The Morgan fingerprint density at radius 3 is 2.24 bits per heavy atom. The largest absolute Gasteiger partial charge is 0.0786 e. The third kappa shape index (κ3) is 3.78. The van der Waals surface area contributed by atoms with Crippen LogP contribution in [0.5, 0.6) is 0 Å². The highest BCUT2D eigenvalue weighted by molar-refractivity contribution is 9.10. The molecule has 0 N–H and O–H groups in total. The number of aryl methyl sites for hydroxylation is 1. The van der Waals surface area contributed by atoms with E-state index < -0.39 is 0 Å². The Kier molecular flexibility index (Phi) is 5.32. The van der Waals surface area contributed by atoms with E-state index in [4.69, 9.17) is 0 Å². The highest BCUT2D eigenvalue weighted by Crippen LogP contribution is 2.35. The van der Waals surface area contributed by atoms with Crippen LogP contribution >= 0.6 is 31.9 Å². The van der Waals surface area contributed by atoms with E-state index >= 15 is 0 Å². The summed E-state index contributed by atoms with van der Waals surface area (Å²) in [6, 6.07) is 15.5. The SMILES string of the molecule is CCC(C)(C)c1ccc(C(Br)c2cc(Br)ccc2C)cc1. The molecule has 21 heavy (non-hydrogen) atoms. The Balaban J connectivity index is 2.32. The first-order valence-corrected chi connectivity index (χ1v) is 9.06. The van der Waals surface area contributed by atoms with Crippen molar-refractivity contribution in [1.29, 1.82) is 0 Å². The van der Waals surface area contributed by atoms with E-state index in [9.17, 15) is 0 Å². The first-order chi connectivity index (χ1) is 9.85. The lowest BCUT2D eigenvalue weighted by Gasteiger charge is -2.24. The minimum absolute atomic E-state index is 0.230. The maximum absolute atomic E-state index is 3.85. The van der Waals surface area contributed by atoms with Crippen molar-refractivity contribution in [2.45, 2.75) is 44.4 Å². The fraction of sp³-hybridized carbons (Fsp3) is 0.368. The topological polar surface area (TPSA) is 0 Å². The van der Waals surface area contributed by atoms with Gasteiger partial charge in [-0.1, -0.05) is 83.0 Å². The molecule has 0 fully saturated rings. The van der Waals surface area contributed by atoms with Crippen molar-refractivity contribution in [2.75, 3.05) is 0 Å². The van der Waals surface area contributed by atoms with Crippen LogP contribution in [0.2, 0.25) is 0 Å². The monoisotopic (exact) mass is 408 g/mol. The molecule has 0 aromatic heterocycles. The third-order valence-corrected chi connectivity index (χ3v) is 5.90. The van der Waals surface area contributed by atoms with E-state index in [-0.39, 0.29) is 10.2 Å². The molecule has 0 aliphatic heterocycles. The Labute approximate surface area is 145 Å². The molecule has 0 radical (unpaired) electrons. The number of hydrogen-bond donors (Lipinski definition) is 0. The summed E-state index contributed by atoms with van der Waals surface area (Å²) in [5.41, 5.74) is 5.56. The van der Waals surface area contributed by atoms with Gasteiger partial charge in [0.15, 0.2) is 0 Å². The normalized spacial score (nSPS) is 13.2. The number of rotatable bonds is 4. The molecule has 112 valence electrons. The average Bonchev–Trinajstić information content (AvgIpc) is 2.49. The van der Waals surface area contributed by atoms with Gasteiger partial charge in [0, 0.05) is 4.47 Å². The zero-order valence-corrected chi connectivity index (χ0v) is 16.3. The van der Waals surface area contributed by atoms with Crippen LogP contribution in [0.4, 0.5) is 0 Å². The second-order valence-electron chi connectivity index (χ2n) is 6.22. The van der Waals surface area contributed by atoms with Crippen LogP contribution < -0.4 is 0 Å². The van der Waals surface area contributed by atoms with Crippen molar-refractivity contribution in [2.24, 2.45) is 0 Å². The van der Waals surface area contributed by atoms with Gasteiger partial charge >= 0.3 is 0 Å². The predicted octanol–water partition coefficient (Wildman–Crippen LogP) is 6.93. The Hall–Kier alpha value is -0.600. The van der Waals surface area contributed by atoms with Gasteiger partial charge in [-0.05, 0) is 53.1 Å². The standard InChI is InChI=1S/C19H22Br2/c1-5-19(3,4)15-9-7-14(8-10-15)18(21)17-12-16(20)11-6-13(17)2/h6-12,18H,5H2,1-4H3. The molecule has 0 aliphatic carbocycles. The van der Waals surface area contributed by atoms with Crippen LogP contribution in [0.1, 0.15) is 54.3 Å². The summed E-state index contributed by atoms with van der Waals surface area (Å²) in [7, 11) is 0. The van der Waals surface area contributed by atoms with E-state index in [1.54, 1.807) is 0 Å². The molecule has 2 aromatic carbocycles. The van der Waals surface area contributed by atoms with Crippen molar-refractivity contribution in [3.05, 3.63) is 69.2 Å². The first kappa shape index (κ1) is 16.8. The molecule has 0 amide bonds. The second kappa shape index (κ2) is 6.66. The minimum Gasteiger partial charge on any atom is -0.0786 e. The summed E-state index contributed by atoms with van der Waals surface area (Å²) in [5.74, 6) is 0. The van der Waals surface area contributed by atoms with Crippen LogP contribution in [-0.4, -0.2) is 0 Å². The minimum atomic E-state index is 0.230. The molecule has 0 spiro atoms. The first-order valence-electron chi connectivity index (χ1n) is 7.35. The van der Waals surface area contributed by atoms with E-state index in [1.165, 1.54) is 22.3 Å². The molecule has 0 saturated heterocycles. The molecule has 2 heteroatoms. The molecular formula is C19H22Br2. The smallest absolute Gasteiger partial charge is 0.0647 e. The van der Waals surface area contributed by atoms with Gasteiger partial charge in [0.25, 0.3) is 0 Å². The van der Waals surface area contributed by atoms with E-state index in [0.717, 1.165) is 10.9 Å². The van der Waals surface area contributed by atoms with Crippen molar-refractivity contribution >= 4 is 31.9 Å². The number of halogens is 2. The maximum atomic E-state index is 3.85. The van der Waals surface area contributed by atoms with Crippen LogP contribution in [0, 0.1) is 6.92 Å². The highest BCUT2D eigenvalue weighted by atomic mass is 79.9. The van der Waals surface area contributed by atoms with Gasteiger partial charge in [0.05, 0.1) is 4.83 Å². The molecule has 0 aliphatic rings. The molecule has 1 unspecified atom stereocenters. The Morgan fingerprint density at radius 2 is 1.67 bits per heavy atom. The summed E-state index contributed by atoms with van der Waals surface area (Å²) in [5, 5.41) is 0. The second-order valence-corrected chi connectivity index (χ2v) is 8.05. The fourth-order valence-corrected chi connectivity index (χ4v) is 3.55. The van der Waals surface area contributed by atoms with E-state index in [1.807, 2.05) is 0 Å². The van der Waals surface area contributed by atoms with Gasteiger partial charge in [0.1, 0.15) is 0 Å². The summed E-state index contributed by atoms with van der Waals surface area (Å²) in [6.07, 6.45) is 1.15. The van der Waals surface area contributed by atoms with Crippen LogP contribution in [0.25, 0.3) is 0 Å². The lowest BCUT2D eigenvalue weighted by molar-refractivity contribution is 0.506. The molecule has 2 aromatic rings. The summed E-state index contributed by atoms with van der Waals surface area (Å²) >= 11 is 7.41. The quantitative estimate of drug-likeness (QED) is 0.480. The van der Waals surface area contributed by atoms with E-state index in [0.29, 0.717) is 0 Å². The van der Waals surface area contributed by atoms with Crippen molar-refractivity contribution in [1.82, 2.24) is 0 Å². The molecule has 0 saturated carbocycles. The van der Waals surface area contributed by atoms with Crippen molar-refractivity contribution < 1.29 is 0 Å². The number of alkyl halides is 1. The number of benzene rings is 2. The molecule has 0 heterocycles. The van der Waals surface area contributed by atoms with E-state index in [2.05, 4.69) is 102 Å². The summed E-state index contributed by atoms with van der Waals surface area (Å²) < 4.78 is 1.12. The van der Waals surface area contributed by atoms with Gasteiger partial charge in [-0.15, -0.1) is 0 Å². The van der Waals surface area contributed by atoms with Crippen LogP contribution in [-0.2, 0) is 5.41 Å². The Bertz CT molecular complexity index is 612. The molecular weight excluding hydrogens is 388 g/mol. The predicted molar refractivity (Wildman–Crippen MR) is 99.4 cm³/mol. The fourth-order valence-electron chi connectivity index (χ4n) is 2.37. The third-order valence-electron chi connectivity index (χ3n) is 4.38. The van der Waals surface area contributed by atoms with Crippen molar-refractivity contribution in [3.8, 4) is 0 Å². The van der Waals surface area contributed by atoms with Crippen molar-refractivity contribution in [3.63, 3.8) is 0 Å². The van der Waals surface area contributed by atoms with Gasteiger partial charge in [0.2, 0.25) is 0 Å². The number of hydrogen-bond acceptors (Lipinski definition) is 0. The average molecular weight is 410 g/mol. The molecule has 1 atom stereocenters. The zero-order chi connectivity index (χ0) is 15.6. The summed E-state index contributed by atoms with van der Waals surface area (Å²) in [4.78, 5) is 0.230. The lowest BCUT2D eigenvalue weighted by Crippen LogP contribution is -2.15. The van der Waals surface area contributed by atoms with Crippen LogP contribution in [0.15, 0.2) is 46.9 Å². The molecule has 0 bridgehead atoms. The highest BCUT2D eigenvalue weighted by Gasteiger charge is 2.19. The van der Waals surface area contributed by atoms with Gasteiger partial charge in [-0.2, -0.15) is 0 Å². The van der Waals surface area contributed by atoms with Gasteiger partial charge < -0.3 is 0 Å². The maximum Gasteiger partial charge on any atom is 0.0647 e. The zero-order valence-electron chi connectivity index (χ0n) is 13.1. The van der Waals surface area contributed by atoms with Gasteiger partial charge in [-0.25, -0.2) is 0 Å². The molecule has 0 nitrogen and oxygen atoms in total. The molecule has 2 rings (SSSR count). The summed E-state index contributed by atoms with van der Waals surface area (Å²) in [6.45, 7) is 8.99. The van der Waals surface area contributed by atoms with Crippen LogP contribution in [0.3, 0.4) is 0 Å². The van der Waals surface area contributed by atoms with Gasteiger partial charge in [-0.3, -0.25) is 0 Å². The lowest BCUT2D eigenvalue weighted by atomic mass is 9.82.